The lowest BCUT2D eigenvalue weighted by Crippen LogP contribution is -2.04. The molecule has 0 aliphatic carbocycles. The maximum atomic E-state index is 12.7. The quantitative estimate of drug-likeness (QED) is 0.516. The molecule has 2 aromatic carbocycles. The molecule has 4 rings (SSSR count). The van der Waals surface area contributed by atoms with E-state index < -0.39 is 11.7 Å². The summed E-state index contributed by atoms with van der Waals surface area (Å²) in [5.74, 6) is 0.710. The first kappa shape index (κ1) is 17.8. The van der Waals surface area contributed by atoms with Crippen LogP contribution in [0.5, 0.6) is 11.5 Å². The molecule has 2 heterocycles. The number of ether oxygens (including phenoxy) is 1. The largest absolute Gasteiger partial charge is 0.457 e. The van der Waals surface area contributed by atoms with Gasteiger partial charge in [-0.2, -0.15) is 13.2 Å². The number of hydrogen-bond donors (Lipinski definition) is 1. The molecule has 0 aliphatic rings. The van der Waals surface area contributed by atoms with E-state index in [0.29, 0.717) is 28.0 Å². The van der Waals surface area contributed by atoms with Crippen LogP contribution in [-0.2, 0) is 6.18 Å². The van der Waals surface area contributed by atoms with Crippen LogP contribution in [0.2, 0.25) is 0 Å². The molecule has 28 heavy (non-hydrogen) atoms. The van der Waals surface area contributed by atoms with Gasteiger partial charge in [-0.15, -0.1) is 0 Å². The third kappa shape index (κ3) is 3.46. The van der Waals surface area contributed by atoms with E-state index >= 15 is 0 Å². The van der Waals surface area contributed by atoms with E-state index in [1.807, 2.05) is 0 Å². The molecule has 0 aliphatic heterocycles. The summed E-state index contributed by atoms with van der Waals surface area (Å²) in [4.78, 5) is 19.3. The molecule has 0 amide bonds. The van der Waals surface area contributed by atoms with Crippen LogP contribution in [0.3, 0.4) is 0 Å². The first-order valence-corrected chi connectivity index (χ1v) is 8.35. The molecule has 0 saturated carbocycles. The van der Waals surface area contributed by atoms with Gasteiger partial charge in [-0.1, -0.05) is 12.1 Å². The number of nitrogens with zero attached hydrogens (tertiary/aromatic N) is 1. The number of nitrogens with one attached hydrogen (secondary N) is 1. The highest BCUT2D eigenvalue weighted by Gasteiger charge is 2.30. The van der Waals surface area contributed by atoms with E-state index in [9.17, 15) is 18.0 Å². The summed E-state index contributed by atoms with van der Waals surface area (Å²) in [6, 6.07) is 16.3. The second-order valence-corrected chi connectivity index (χ2v) is 6.05. The predicted octanol–water partition coefficient (Wildman–Crippen LogP) is 5.40. The van der Waals surface area contributed by atoms with E-state index in [-0.39, 0.29) is 11.2 Å². The highest BCUT2D eigenvalue weighted by atomic mass is 19.4. The highest BCUT2D eigenvalue weighted by Crippen LogP contribution is 2.34. The highest BCUT2D eigenvalue weighted by molar-refractivity contribution is 5.79. The Kier molecular flexibility index (Phi) is 4.35. The molecule has 1 N–H and O–H groups in total. The number of H-pyrrole nitrogens is 1. The van der Waals surface area contributed by atoms with E-state index in [2.05, 4.69) is 9.97 Å². The number of aromatic nitrogens is 2. The monoisotopic (exact) mass is 382 g/mol. The Balaban J connectivity index is 1.70. The van der Waals surface area contributed by atoms with E-state index in [1.54, 1.807) is 36.4 Å². The SMILES string of the molecule is O=c1cc[nH]c2nc(-c3ccccc3Oc3ccc(C(F)(F)F)cc3)ccc12. The third-order valence-corrected chi connectivity index (χ3v) is 4.19. The van der Waals surface area contributed by atoms with Gasteiger partial charge in [-0.3, -0.25) is 4.79 Å². The number of para-hydroxylation sites is 1. The minimum absolute atomic E-state index is 0.137. The second-order valence-electron chi connectivity index (χ2n) is 6.05. The smallest absolute Gasteiger partial charge is 0.416 e. The Morgan fingerprint density at radius 1 is 0.893 bits per heavy atom. The van der Waals surface area contributed by atoms with Crippen LogP contribution in [0, 0.1) is 0 Å². The minimum Gasteiger partial charge on any atom is -0.457 e. The van der Waals surface area contributed by atoms with Gasteiger partial charge in [0.2, 0.25) is 0 Å². The number of rotatable bonds is 3. The molecular formula is C21H13F3N2O2. The van der Waals surface area contributed by atoms with Gasteiger partial charge in [0.1, 0.15) is 17.1 Å². The van der Waals surface area contributed by atoms with Gasteiger partial charge in [-0.25, -0.2) is 4.98 Å². The summed E-state index contributed by atoms with van der Waals surface area (Å²) in [6.07, 6.45) is -2.88. The lowest BCUT2D eigenvalue weighted by Gasteiger charge is -2.12. The van der Waals surface area contributed by atoms with Crippen LogP contribution >= 0.6 is 0 Å². The number of alkyl halides is 3. The number of aromatic amines is 1. The third-order valence-electron chi connectivity index (χ3n) is 4.19. The molecule has 0 atom stereocenters. The summed E-state index contributed by atoms with van der Waals surface area (Å²) in [7, 11) is 0. The molecule has 0 fully saturated rings. The maximum Gasteiger partial charge on any atom is 0.416 e. The van der Waals surface area contributed by atoms with Gasteiger partial charge < -0.3 is 9.72 Å². The second kappa shape index (κ2) is 6.84. The maximum absolute atomic E-state index is 12.7. The lowest BCUT2D eigenvalue weighted by atomic mass is 10.1. The van der Waals surface area contributed by atoms with Crippen molar-refractivity contribution < 1.29 is 17.9 Å². The average molecular weight is 382 g/mol. The first-order valence-electron chi connectivity index (χ1n) is 8.35. The fraction of sp³-hybridized carbons (Fsp3) is 0.0476. The normalized spacial score (nSPS) is 11.5. The van der Waals surface area contributed by atoms with Crippen molar-refractivity contribution in [1.82, 2.24) is 9.97 Å². The Morgan fingerprint density at radius 3 is 2.39 bits per heavy atom. The molecule has 0 unspecified atom stereocenters. The molecular weight excluding hydrogens is 369 g/mol. The fourth-order valence-corrected chi connectivity index (χ4v) is 2.81. The van der Waals surface area contributed by atoms with Crippen molar-refractivity contribution >= 4 is 11.0 Å². The van der Waals surface area contributed by atoms with E-state index in [0.717, 1.165) is 12.1 Å². The Hall–Kier alpha value is -3.61. The van der Waals surface area contributed by atoms with Crippen molar-refractivity contribution in [1.29, 1.82) is 0 Å². The Labute approximate surface area is 157 Å². The summed E-state index contributed by atoms with van der Waals surface area (Å²) < 4.78 is 43.9. The van der Waals surface area contributed by atoms with Crippen LogP contribution in [0.1, 0.15) is 5.56 Å². The van der Waals surface area contributed by atoms with Gasteiger partial charge in [0, 0.05) is 17.8 Å². The molecule has 0 spiro atoms. The minimum atomic E-state index is -4.40. The van der Waals surface area contributed by atoms with Gasteiger partial charge >= 0.3 is 6.18 Å². The summed E-state index contributed by atoms with van der Waals surface area (Å²) in [5.41, 5.74) is 0.774. The van der Waals surface area contributed by atoms with E-state index in [1.165, 1.54) is 24.4 Å². The van der Waals surface area contributed by atoms with Crippen LogP contribution in [0.4, 0.5) is 13.2 Å². The van der Waals surface area contributed by atoms with Crippen LogP contribution in [0.15, 0.2) is 77.7 Å². The van der Waals surface area contributed by atoms with Crippen LogP contribution < -0.4 is 10.2 Å². The summed E-state index contributed by atoms with van der Waals surface area (Å²) in [6.45, 7) is 0. The van der Waals surface area contributed by atoms with Crippen molar-refractivity contribution in [2.24, 2.45) is 0 Å². The van der Waals surface area contributed by atoms with E-state index in [4.69, 9.17) is 4.74 Å². The topological polar surface area (TPSA) is 55.0 Å². The molecule has 2 aromatic heterocycles. The molecule has 0 radical (unpaired) electrons. The van der Waals surface area contributed by atoms with Crippen LogP contribution in [0.25, 0.3) is 22.3 Å². The van der Waals surface area contributed by atoms with Crippen molar-refractivity contribution in [3.8, 4) is 22.8 Å². The molecule has 0 bridgehead atoms. The Bertz CT molecular complexity index is 1200. The molecule has 0 saturated heterocycles. The predicted molar refractivity (Wildman–Crippen MR) is 99.3 cm³/mol. The number of hydrogen-bond acceptors (Lipinski definition) is 3. The van der Waals surface area contributed by atoms with Gasteiger partial charge in [0.25, 0.3) is 0 Å². The van der Waals surface area contributed by atoms with Gasteiger partial charge in [-0.05, 0) is 48.5 Å². The molecule has 140 valence electrons. The summed E-state index contributed by atoms with van der Waals surface area (Å²) in [5, 5.41) is 0.465. The van der Waals surface area contributed by atoms with Crippen molar-refractivity contribution in [3.63, 3.8) is 0 Å². The number of fused-ring (bicyclic) bond motifs is 1. The number of pyridine rings is 2. The van der Waals surface area contributed by atoms with Crippen molar-refractivity contribution in [2.75, 3.05) is 0 Å². The molecule has 4 aromatic rings. The zero-order chi connectivity index (χ0) is 19.7. The fourth-order valence-electron chi connectivity index (χ4n) is 2.81. The molecule has 7 heteroatoms. The standard InChI is InChI=1S/C21H13F3N2O2/c22-21(23,24)13-5-7-14(8-6-13)28-19-4-2-1-3-15(19)17-10-9-16-18(27)11-12-25-20(16)26-17/h1-12H,(H,25,26,27). The number of benzene rings is 2. The van der Waals surface area contributed by atoms with Crippen molar-refractivity contribution in [2.45, 2.75) is 6.18 Å². The lowest BCUT2D eigenvalue weighted by molar-refractivity contribution is -0.137. The molecule has 4 nitrogen and oxygen atoms in total. The average Bonchev–Trinajstić information content (AvgIpc) is 2.68. The zero-order valence-corrected chi connectivity index (χ0v) is 14.3. The van der Waals surface area contributed by atoms with Gasteiger partial charge in [0.15, 0.2) is 5.43 Å². The van der Waals surface area contributed by atoms with Crippen LogP contribution in [-0.4, -0.2) is 9.97 Å². The Morgan fingerprint density at radius 2 is 1.64 bits per heavy atom. The number of halogens is 3. The van der Waals surface area contributed by atoms with Gasteiger partial charge in [0.05, 0.1) is 16.6 Å². The van der Waals surface area contributed by atoms with Crippen molar-refractivity contribution in [3.05, 3.63) is 88.7 Å². The zero-order valence-electron chi connectivity index (χ0n) is 14.3. The summed E-state index contributed by atoms with van der Waals surface area (Å²) >= 11 is 0. The first-order chi connectivity index (χ1) is 13.4.